The molecule has 0 aliphatic heterocycles. The van der Waals surface area contributed by atoms with Crippen molar-refractivity contribution in [2.75, 3.05) is 19.0 Å². The van der Waals surface area contributed by atoms with Crippen LogP contribution >= 0.6 is 0 Å². The van der Waals surface area contributed by atoms with Gasteiger partial charge in [-0.3, -0.25) is 9.59 Å². The molecular weight excluding hydrogens is 510 g/mol. The van der Waals surface area contributed by atoms with E-state index in [0.717, 1.165) is 23.6 Å². The number of carbonyl (C=O) groups is 3. The summed E-state index contributed by atoms with van der Waals surface area (Å²) in [5.74, 6) is -1.14. The fourth-order valence-electron chi connectivity index (χ4n) is 3.76. The zero-order valence-electron chi connectivity index (χ0n) is 22.2. The van der Waals surface area contributed by atoms with Gasteiger partial charge in [-0.25, -0.2) is 10.2 Å². The molecule has 0 unspecified atom stereocenters. The maximum atomic E-state index is 12.6. The molecule has 0 heterocycles. The van der Waals surface area contributed by atoms with Crippen LogP contribution in [0.4, 0.5) is 5.69 Å². The van der Waals surface area contributed by atoms with Gasteiger partial charge in [-0.05, 0) is 65.9 Å². The van der Waals surface area contributed by atoms with Crippen molar-refractivity contribution >= 4 is 40.5 Å². The highest BCUT2D eigenvalue weighted by molar-refractivity contribution is 6.40. The van der Waals surface area contributed by atoms with E-state index in [9.17, 15) is 14.4 Å². The van der Waals surface area contributed by atoms with E-state index >= 15 is 0 Å². The van der Waals surface area contributed by atoms with Gasteiger partial charge in [0.1, 0.15) is 5.75 Å². The molecule has 0 aliphatic carbocycles. The van der Waals surface area contributed by atoms with E-state index in [1.165, 1.54) is 13.3 Å². The largest absolute Gasteiger partial charge is 0.494 e. The smallest absolute Gasteiger partial charge is 0.343 e. The maximum Gasteiger partial charge on any atom is 0.343 e. The molecule has 2 N–H and O–H groups in total. The molecule has 0 atom stereocenters. The average Bonchev–Trinajstić information content (AvgIpc) is 2.98. The molecule has 0 spiro atoms. The van der Waals surface area contributed by atoms with Gasteiger partial charge in [0.25, 0.3) is 0 Å². The van der Waals surface area contributed by atoms with E-state index in [2.05, 4.69) is 22.8 Å². The van der Waals surface area contributed by atoms with Crippen molar-refractivity contribution in [1.82, 2.24) is 5.43 Å². The van der Waals surface area contributed by atoms with Crippen LogP contribution in [-0.2, 0) is 9.59 Å². The van der Waals surface area contributed by atoms with Crippen LogP contribution < -0.4 is 25.0 Å². The number of benzene rings is 4. The molecule has 4 aromatic rings. The Morgan fingerprint density at radius 2 is 1.65 bits per heavy atom. The highest BCUT2D eigenvalue weighted by Gasteiger charge is 2.15. The third-order valence-corrected chi connectivity index (χ3v) is 5.87. The Balaban J connectivity index is 1.33. The monoisotopic (exact) mass is 539 g/mol. The number of hydrogen-bond acceptors (Lipinski definition) is 7. The fraction of sp³-hybridized carbons (Fsp3) is 0.161. The molecule has 0 bridgehead atoms. The van der Waals surface area contributed by atoms with Crippen molar-refractivity contribution in [1.29, 1.82) is 0 Å². The molecule has 204 valence electrons. The first-order valence-electron chi connectivity index (χ1n) is 12.7. The first kappa shape index (κ1) is 27.8. The lowest BCUT2D eigenvalue weighted by atomic mass is 10.1. The van der Waals surface area contributed by atoms with Gasteiger partial charge in [-0.1, -0.05) is 49.7 Å². The number of nitrogens with zero attached hydrogens (tertiary/aromatic N) is 1. The van der Waals surface area contributed by atoms with E-state index in [1.807, 2.05) is 30.3 Å². The van der Waals surface area contributed by atoms with Crippen LogP contribution in [0.2, 0.25) is 0 Å². The molecule has 0 aliphatic rings. The number of nitrogens with one attached hydrogen (secondary N) is 2. The number of carbonyl (C=O) groups excluding carboxylic acids is 3. The van der Waals surface area contributed by atoms with Crippen LogP contribution in [-0.4, -0.2) is 37.7 Å². The predicted molar refractivity (Wildman–Crippen MR) is 153 cm³/mol. The molecule has 0 saturated carbocycles. The third-order valence-electron chi connectivity index (χ3n) is 5.87. The summed E-state index contributed by atoms with van der Waals surface area (Å²) in [6, 6.07) is 24.4. The number of rotatable bonds is 10. The Labute approximate surface area is 231 Å². The van der Waals surface area contributed by atoms with Gasteiger partial charge in [0.15, 0.2) is 11.5 Å². The summed E-state index contributed by atoms with van der Waals surface area (Å²) in [4.78, 5) is 37.3. The Morgan fingerprint density at radius 1 is 0.875 bits per heavy atom. The molecule has 4 aromatic carbocycles. The highest BCUT2D eigenvalue weighted by atomic mass is 16.6. The minimum Gasteiger partial charge on any atom is -0.494 e. The Kier molecular flexibility index (Phi) is 9.44. The maximum absolute atomic E-state index is 12.6. The SMILES string of the molecule is CCCCOc1ccc(C(=O)Oc2ccc(/C=N\NC(=O)C(=O)Nc3cccc4ccccc34)cc2OC)cc1. The van der Waals surface area contributed by atoms with E-state index in [4.69, 9.17) is 14.2 Å². The lowest BCUT2D eigenvalue weighted by Gasteiger charge is -2.10. The van der Waals surface area contributed by atoms with Crippen LogP contribution in [0, 0.1) is 0 Å². The number of hydrogen-bond donors (Lipinski definition) is 2. The summed E-state index contributed by atoms with van der Waals surface area (Å²) < 4.78 is 16.5. The summed E-state index contributed by atoms with van der Waals surface area (Å²) in [7, 11) is 1.44. The molecular formula is C31H29N3O6. The zero-order chi connectivity index (χ0) is 28.3. The Hall–Kier alpha value is -5.18. The number of amides is 2. The Bertz CT molecular complexity index is 1530. The van der Waals surface area contributed by atoms with Crippen LogP contribution in [0.25, 0.3) is 10.8 Å². The second-order valence-corrected chi connectivity index (χ2v) is 8.71. The topological polar surface area (TPSA) is 115 Å². The van der Waals surface area contributed by atoms with Crippen molar-refractivity contribution < 1.29 is 28.6 Å². The molecule has 2 amide bonds. The molecule has 0 fully saturated rings. The van der Waals surface area contributed by atoms with Crippen molar-refractivity contribution in [2.45, 2.75) is 19.8 Å². The molecule has 9 heteroatoms. The Morgan fingerprint density at radius 3 is 2.42 bits per heavy atom. The van der Waals surface area contributed by atoms with Gasteiger partial charge < -0.3 is 19.5 Å². The lowest BCUT2D eigenvalue weighted by Crippen LogP contribution is -2.32. The molecule has 9 nitrogen and oxygen atoms in total. The van der Waals surface area contributed by atoms with Crippen molar-refractivity contribution in [3.8, 4) is 17.2 Å². The average molecular weight is 540 g/mol. The van der Waals surface area contributed by atoms with Crippen molar-refractivity contribution in [3.05, 3.63) is 96.1 Å². The number of hydrazone groups is 1. The lowest BCUT2D eigenvalue weighted by molar-refractivity contribution is -0.136. The second kappa shape index (κ2) is 13.6. The van der Waals surface area contributed by atoms with E-state index in [0.29, 0.717) is 29.2 Å². The summed E-state index contributed by atoms with van der Waals surface area (Å²) in [6.07, 6.45) is 3.33. The number of fused-ring (bicyclic) bond motifs is 1. The molecule has 40 heavy (non-hydrogen) atoms. The summed E-state index contributed by atoms with van der Waals surface area (Å²) >= 11 is 0. The second-order valence-electron chi connectivity index (χ2n) is 8.71. The predicted octanol–water partition coefficient (Wildman–Crippen LogP) is 5.34. The van der Waals surface area contributed by atoms with Gasteiger partial charge in [-0.2, -0.15) is 5.10 Å². The standard InChI is InChI=1S/C31H29N3O6/c1-3-4-18-39-24-15-13-23(14-16-24)31(37)40-27-17-12-21(19-28(27)38-2)20-32-34-30(36)29(35)33-26-11-7-9-22-8-5-6-10-25(22)26/h5-17,19-20H,3-4,18H2,1-2H3,(H,33,35)(H,34,36)/b32-20-. The van der Waals surface area contributed by atoms with Crippen LogP contribution in [0.5, 0.6) is 17.2 Å². The molecule has 0 aromatic heterocycles. The van der Waals surface area contributed by atoms with Gasteiger partial charge in [0.05, 0.1) is 25.5 Å². The van der Waals surface area contributed by atoms with Crippen LogP contribution in [0.15, 0.2) is 90.0 Å². The summed E-state index contributed by atoms with van der Waals surface area (Å²) in [6.45, 7) is 2.71. The first-order chi connectivity index (χ1) is 19.5. The molecule has 4 rings (SSSR count). The zero-order valence-corrected chi connectivity index (χ0v) is 22.2. The summed E-state index contributed by atoms with van der Waals surface area (Å²) in [5.41, 5.74) is 3.63. The van der Waals surface area contributed by atoms with Crippen molar-refractivity contribution in [3.63, 3.8) is 0 Å². The van der Waals surface area contributed by atoms with E-state index in [-0.39, 0.29) is 11.5 Å². The number of methoxy groups -OCH3 is 1. The first-order valence-corrected chi connectivity index (χ1v) is 12.7. The third kappa shape index (κ3) is 7.22. The highest BCUT2D eigenvalue weighted by Crippen LogP contribution is 2.29. The van der Waals surface area contributed by atoms with Crippen LogP contribution in [0.3, 0.4) is 0 Å². The number of ether oxygens (including phenoxy) is 3. The number of unbranched alkanes of at least 4 members (excludes halogenated alkanes) is 1. The minimum absolute atomic E-state index is 0.214. The normalized spacial score (nSPS) is 10.8. The van der Waals surface area contributed by atoms with Crippen LogP contribution in [0.1, 0.15) is 35.7 Å². The minimum atomic E-state index is -0.927. The summed E-state index contributed by atoms with van der Waals surface area (Å²) in [5, 5.41) is 8.21. The fourth-order valence-corrected chi connectivity index (χ4v) is 3.76. The van der Waals surface area contributed by atoms with Gasteiger partial charge in [0, 0.05) is 11.1 Å². The number of esters is 1. The quantitative estimate of drug-likeness (QED) is 0.0703. The van der Waals surface area contributed by atoms with E-state index < -0.39 is 17.8 Å². The van der Waals surface area contributed by atoms with Gasteiger partial charge in [0.2, 0.25) is 0 Å². The molecule has 0 saturated heterocycles. The van der Waals surface area contributed by atoms with Gasteiger partial charge >= 0.3 is 17.8 Å². The number of anilines is 1. The van der Waals surface area contributed by atoms with Crippen molar-refractivity contribution in [2.24, 2.45) is 5.10 Å². The van der Waals surface area contributed by atoms with E-state index in [1.54, 1.807) is 54.6 Å². The molecule has 0 radical (unpaired) electrons. The van der Waals surface area contributed by atoms with Gasteiger partial charge in [-0.15, -0.1) is 0 Å².